The maximum atomic E-state index is 14.9. The Balaban J connectivity index is 1.07. The molecule has 2 aromatic carbocycles. The molecule has 3 aliphatic rings. The highest BCUT2D eigenvalue weighted by molar-refractivity contribution is 6.03. The largest absolute Gasteiger partial charge is 0.478 e. The number of nitrogens with one attached hydrogen (secondary N) is 2. The average molecular weight is 552 g/mol. The fourth-order valence-corrected chi connectivity index (χ4v) is 5.69. The molecule has 1 atom stereocenters. The molecule has 3 fully saturated rings. The molecule has 0 aliphatic carbocycles. The monoisotopic (exact) mass is 551 g/mol. The molecule has 3 aliphatic heterocycles. The van der Waals surface area contributed by atoms with E-state index in [-0.39, 0.29) is 24.3 Å². The smallest absolute Gasteiger partial charge is 0.335 e. The number of hydrogen-bond acceptors (Lipinski definition) is 7. The second-order valence-electron chi connectivity index (χ2n) is 10.7. The molecule has 40 heavy (non-hydrogen) atoms. The number of hydrogen-bond donors (Lipinski definition) is 3. The Morgan fingerprint density at radius 1 is 0.900 bits per heavy atom. The van der Waals surface area contributed by atoms with Gasteiger partial charge < -0.3 is 20.2 Å². The molecule has 0 aromatic heterocycles. The van der Waals surface area contributed by atoms with Gasteiger partial charge in [0.2, 0.25) is 11.8 Å². The number of piperazine rings is 1. The second-order valence-corrected chi connectivity index (χ2v) is 10.7. The van der Waals surface area contributed by atoms with Crippen molar-refractivity contribution in [3.05, 3.63) is 59.4 Å². The molecule has 0 bridgehead atoms. The highest BCUT2D eigenvalue weighted by atomic mass is 19.1. The van der Waals surface area contributed by atoms with Crippen LogP contribution in [0.2, 0.25) is 0 Å². The van der Waals surface area contributed by atoms with Crippen molar-refractivity contribution in [2.75, 3.05) is 55.6 Å². The minimum absolute atomic E-state index is 0.128. The molecule has 10 nitrogen and oxygen atoms in total. The van der Waals surface area contributed by atoms with Gasteiger partial charge in [0.25, 0.3) is 5.91 Å². The Kier molecular flexibility index (Phi) is 8.29. The number of rotatable bonds is 7. The summed E-state index contributed by atoms with van der Waals surface area (Å²) in [4.78, 5) is 53.7. The highest BCUT2D eigenvalue weighted by Crippen LogP contribution is 2.26. The fraction of sp³-hybridized carbons (Fsp3) is 0.448. The van der Waals surface area contributed by atoms with Crippen LogP contribution < -0.4 is 20.4 Å². The minimum atomic E-state index is -0.915. The van der Waals surface area contributed by atoms with Gasteiger partial charge in [-0.05, 0) is 67.6 Å². The molecule has 0 saturated carbocycles. The molecule has 3 saturated heterocycles. The van der Waals surface area contributed by atoms with Gasteiger partial charge in [0.1, 0.15) is 11.9 Å². The number of nitrogens with zero attached hydrogens (tertiary/aromatic N) is 3. The zero-order valence-electron chi connectivity index (χ0n) is 22.3. The minimum Gasteiger partial charge on any atom is -0.478 e. The van der Waals surface area contributed by atoms with Crippen LogP contribution in [0.1, 0.15) is 46.4 Å². The molecule has 3 heterocycles. The lowest BCUT2D eigenvalue weighted by molar-refractivity contribution is -0.134. The lowest BCUT2D eigenvalue weighted by atomic mass is 9.95. The third-order valence-electron chi connectivity index (χ3n) is 8.09. The summed E-state index contributed by atoms with van der Waals surface area (Å²) in [6.07, 6.45) is 2.48. The standard InChI is InChI=1S/C29H34FN5O5/c30-24-17-22(5-6-23(24)27(37)31-25-7-8-26(36)32-28(25)38)35-15-13-33(14-16-35)18-19-9-11-34(12-10-19)21-3-1-20(2-4-21)29(39)40/h1-6,17,19,25H,7-16,18H2,(H,31,37)(H,39,40)(H,32,36,38). The Morgan fingerprint density at radius 2 is 1.55 bits per heavy atom. The van der Waals surface area contributed by atoms with E-state index in [2.05, 4.69) is 25.3 Å². The van der Waals surface area contributed by atoms with Gasteiger partial charge in [-0.3, -0.25) is 24.6 Å². The first-order valence-corrected chi connectivity index (χ1v) is 13.8. The van der Waals surface area contributed by atoms with Crippen molar-refractivity contribution in [2.24, 2.45) is 5.92 Å². The number of imide groups is 1. The van der Waals surface area contributed by atoms with Crippen molar-refractivity contribution in [1.82, 2.24) is 15.5 Å². The molecule has 0 spiro atoms. The van der Waals surface area contributed by atoms with Crippen molar-refractivity contribution in [1.29, 1.82) is 0 Å². The SMILES string of the molecule is O=C1CCC(NC(=O)c2ccc(N3CCN(CC4CCN(c5ccc(C(=O)O)cc5)CC4)CC3)cc2F)C(=O)N1. The van der Waals surface area contributed by atoms with E-state index in [0.717, 1.165) is 70.0 Å². The molecule has 212 valence electrons. The molecule has 0 radical (unpaired) electrons. The molecule has 3 amide bonds. The van der Waals surface area contributed by atoms with Crippen molar-refractivity contribution in [3.63, 3.8) is 0 Å². The van der Waals surface area contributed by atoms with E-state index in [4.69, 9.17) is 5.11 Å². The third kappa shape index (κ3) is 6.41. The molecule has 11 heteroatoms. The first-order chi connectivity index (χ1) is 19.3. The van der Waals surface area contributed by atoms with E-state index < -0.39 is 29.6 Å². The highest BCUT2D eigenvalue weighted by Gasteiger charge is 2.29. The zero-order valence-corrected chi connectivity index (χ0v) is 22.3. The summed E-state index contributed by atoms with van der Waals surface area (Å²) in [6, 6.07) is 10.8. The van der Waals surface area contributed by atoms with Gasteiger partial charge in [0.15, 0.2) is 0 Å². The van der Waals surface area contributed by atoms with Crippen LogP contribution in [-0.2, 0) is 9.59 Å². The van der Waals surface area contributed by atoms with Gasteiger partial charge in [-0.2, -0.15) is 0 Å². The summed E-state index contributed by atoms with van der Waals surface area (Å²) in [5.74, 6) is -2.58. The second kappa shape index (κ2) is 12.0. The summed E-state index contributed by atoms with van der Waals surface area (Å²) < 4.78 is 14.9. The molecule has 1 unspecified atom stereocenters. The van der Waals surface area contributed by atoms with Crippen LogP contribution in [0.3, 0.4) is 0 Å². The lowest BCUT2D eigenvalue weighted by Crippen LogP contribution is -2.52. The summed E-state index contributed by atoms with van der Waals surface area (Å²) in [7, 11) is 0. The number of anilines is 2. The Morgan fingerprint density at radius 3 is 2.17 bits per heavy atom. The Labute approximate surface area is 232 Å². The molecular weight excluding hydrogens is 517 g/mol. The summed E-state index contributed by atoms with van der Waals surface area (Å²) in [5, 5.41) is 13.8. The van der Waals surface area contributed by atoms with Crippen LogP contribution in [0.25, 0.3) is 0 Å². The first kappa shape index (κ1) is 27.6. The van der Waals surface area contributed by atoms with E-state index in [9.17, 15) is 23.6 Å². The van der Waals surface area contributed by atoms with Gasteiger partial charge in [-0.15, -0.1) is 0 Å². The van der Waals surface area contributed by atoms with Gasteiger partial charge in [-0.1, -0.05) is 0 Å². The number of carboxylic acid groups (broad SMARTS) is 1. The van der Waals surface area contributed by atoms with E-state index >= 15 is 0 Å². The lowest BCUT2D eigenvalue weighted by Gasteiger charge is -2.40. The number of benzene rings is 2. The van der Waals surface area contributed by atoms with Gasteiger partial charge in [0, 0.05) is 63.6 Å². The zero-order chi connectivity index (χ0) is 28.2. The number of piperidine rings is 2. The molecular formula is C29H34FN5O5. The maximum absolute atomic E-state index is 14.9. The molecule has 2 aromatic rings. The topological polar surface area (TPSA) is 122 Å². The summed E-state index contributed by atoms with van der Waals surface area (Å²) in [5.41, 5.74) is 1.95. The number of carboxylic acids is 1. The van der Waals surface area contributed by atoms with Crippen LogP contribution in [-0.4, -0.2) is 85.6 Å². The van der Waals surface area contributed by atoms with Crippen LogP contribution in [0.4, 0.5) is 15.8 Å². The number of halogens is 1. The predicted molar refractivity (Wildman–Crippen MR) is 147 cm³/mol. The number of carbonyl (C=O) groups is 4. The quantitative estimate of drug-likeness (QED) is 0.448. The predicted octanol–water partition coefficient (Wildman–Crippen LogP) is 2.10. The van der Waals surface area contributed by atoms with Crippen LogP contribution in [0.15, 0.2) is 42.5 Å². The van der Waals surface area contributed by atoms with E-state index in [1.165, 1.54) is 12.1 Å². The van der Waals surface area contributed by atoms with Crippen LogP contribution in [0, 0.1) is 11.7 Å². The van der Waals surface area contributed by atoms with Crippen LogP contribution >= 0.6 is 0 Å². The van der Waals surface area contributed by atoms with Crippen molar-refractivity contribution < 1.29 is 28.7 Å². The van der Waals surface area contributed by atoms with Crippen molar-refractivity contribution in [2.45, 2.75) is 31.7 Å². The number of carbonyl (C=O) groups excluding carboxylic acids is 3. The van der Waals surface area contributed by atoms with Crippen LogP contribution in [0.5, 0.6) is 0 Å². The third-order valence-corrected chi connectivity index (χ3v) is 8.09. The van der Waals surface area contributed by atoms with E-state index in [0.29, 0.717) is 11.5 Å². The normalized spacial score (nSPS) is 20.8. The van der Waals surface area contributed by atoms with E-state index in [1.807, 2.05) is 12.1 Å². The van der Waals surface area contributed by atoms with Crippen molar-refractivity contribution >= 4 is 35.1 Å². The number of amides is 3. The van der Waals surface area contributed by atoms with Gasteiger partial charge >= 0.3 is 5.97 Å². The van der Waals surface area contributed by atoms with Crippen molar-refractivity contribution in [3.8, 4) is 0 Å². The summed E-state index contributed by atoms with van der Waals surface area (Å²) >= 11 is 0. The Hall–Kier alpha value is -3.99. The Bertz CT molecular complexity index is 1270. The van der Waals surface area contributed by atoms with E-state index in [1.54, 1.807) is 18.2 Å². The average Bonchev–Trinajstić information content (AvgIpc) is 2.95. The summed E-state index contributed by atoms with van der Waals surface area (Å²) in [6.45, 7) is 6.17. The fourth-order valence-electron chi connectivity index (χ4n) is 5.69. The molecule has 5 rings (SSSR count). The van der Waals surface area contributed by atoms with Gasteiger partial charge in [0.05, 0.1) is 11.1 Å². The maximum Gasteiger partial charge on any atom is 0.335 e. The first-order valence-electron chi connectivity index (χ1n) is 13.8. The number of aromatic carboxylic acids is 1. The molecule has 3 N–H and O–H groups in total. The van der Waals surface area contributed by atoms with Gasteiger partial charge in [-0.25, -0.2) is 9.18 Å².